The molecule has 9 nitrogen and oxygen atoms in total. The van der Waals surface area contributed by atoms with Crippen molar-refractivity contribution in [3.8, 4) is 0 Å². The summed E-state index contributed by atoms with van der Waals surface area (Å²) in [4.78, 5) is 27.1. The summed E-state index contributed by atoms with van der Waals surface area (Å²) in [5.74, 6) is -2.48. The molecule has 0 spiro atoms. The van der Waals surface area contributed by atoms with Crippen LogP contribution in [0.3, 0.4) is 0 Å². The van der Waals surface area contributed by atoms with Gasteiger partial charge in [-0.15, -0.1) is 0 Å². The number of carboxylic acids is 2. The van der Waals surface area contributed by atoms with Gasteiger partial charge in [-0.05, 0) is 12.1 Å². The maximum Gasteiger partial charge on any atom is 0.339 e. The Balaban J connectivity index is 0.000000342. The summed E-state index contributed by atoms with van der Waals surface area (Å²) in [6.07, 6.45) is -0.554. The molecule has 0 aromatic carbocycles. The van der Waals surface area contributed by atoms with Gasteiger partial charge in [0.15, 0.2) is 0 Å². The van der Waals surface area contributed by atoms with Crippen molar-refractivity contribution in [3.63, 3.8) is 0 Å². The van der Waals surface area contributed by atoms with Crippen molar-refractivity contribution in [2.24, 2.45) is 0 Å². The average molecular weight is 275 g/mol. The SMILES string of the molecule is O=C(O)C(OO)C(O)CO.O=C(O)c1cccnc1. The Morgan fingerprint density at radius 2 is 2.00 bits per heavy atom. The predicted octanol–water partition coefficient (Wildman–Crippen LogP) is -0.938. The first-order valence-electron chi connectivity index (χ1n) is 4.89. The first-order valence-corrected chi connectivity index (χ1v) is 4.89. The van der Waals surface area contributed by atoms with Crippen LogP contribution in [0.2, 0.25) is 0 Å². The zero-order chi connectivity index (χ0) is 14.8. The molecule has 0 aliphatic heterocycles. The van der Waals surface area contributed by atoms with Gasteiger partial charge < -0.3 is 20.4 Å². The molecule has 0 aliphatic rings. The molecular formula is C10H13NO8. The number of rotatable bonds is 5. The first-order chi connectivity index (χ1) is 8.93. The number of aliphatic carboxylic acids is 1. The van der Waals surface area contributed by atoms with Crippen LogP contribution in [-0.2, 0) is 9.68 Å². The Labute approximate surface area is 107 Å². The van der Waals surface area contributed by atoms with Gasteiger partial charge in [-0.1, -0.05) is 0 Å². The second-order valence-electron chi connectivity index (χ2n) is 3.16. The maximum atomic E-state index is 10.2. The molecule has 0 aliphatic carbocycles. The molecule has 0 radical (unpaired) electrons. The lowest BCUT2D eigenvalue weighted by molar-refractivity contribution is -0.294. The van der Waals surface area contributed by atoms with E-state index in [1.165, 1.54) is 18.5 Å². The highest BCUT2D eigenvalue weighted by molar-refractivity contribution is 5.86. The Morgan fingerprint density at radius 3 is 2.21 bits per heavy atom. The second-order valence-corrected chi connectivity index (χ2v) is 3.16. The third kappa shape index (κ3) is 6.43. The Kier molecular flexibility index (Phi) is 7.97. The van der Waals surface area contributed by atoms with Crippen LogP contribution in [0.5, 0.6) is 0 Å². The summed E-state index contributed by atoms with van der Waals surface area (Å²) in [6, 6.07) is 3.08. The summed E-state index contributed by atoms with van der Waals surface area (Å²) in [6.45, 7) is -0.780. The molecule has 0 amide bonds. The van der Waals surface area contributed by atoms with Crippen molar-refractivity contribution in [1.29, 1.82) is 0 Å². The van der Waals surface area contributed by atoms with Crippen molar-refractivity contribution >= 4 is 11.9 Å². The molecule has 1 aromatic heterocycles. The quantitative estimate of drug-likeness (QED) is 0.338. The third-order valence-corrected chi connectivity index (χ3v) is 1.80. The zero-order valence-electron chi connectivity index (χ0n) is 9.58. The summed E-state index contributed by atoms with van der Waals surface area (Å²) in [5.41, 5.74) is 0.220. The Morgan fingerprint density at radius 1 is 1.37 bits per heavy atom. The van der Waals surface area contributed by atoms with Gasteiger partial charge in [-0.25, -0.2) is 14.5 Å². The normalized spacial score (nSPS) is 12.8. The number of carbonyl (C=O) groups is 2. The highest BCUT2D eigenvalue weighted by atomic mass is 17.1. The van der Waals surface area contributed by atoms with E-state index in [0.29, 0.717) is 0 Å². The minimum absolute atomic E-state index is 0.220. The second kappa shape index (κ2) is 8.94. The van der Waals surface area contributed by atoms with Crippen LogP contribution in [0.4, 0.5) is 0 Å². The van der Waals surface area contributed by atoms with Crippen molar-refractivity contribution in [2.75, 3.05) is 6.61 Å². The summed E-state index contributed by atoms with van der Waals surface area (Å²) in [5, 5.41) is 41.1. The van der Waals surface area contributed by atoms with Crippen molar-refractivity contribution < 1.29 is 40.2 Å². The molecule has 0 fully saturated rings. The number of aliphatic hydroxyl groups is 2. The molecule has 0 saturated carbocycles. The number of carboxylic acid groups (broad SMARTS) is 2. The van der Waals surface area contributed by atoms with E-state index < -0.39 is 30.8 Å². The number of pyridine rings is 1. The molecule has 0 saturated heterocycles. The number of hydrogen-bond donors (Lipinski definition) is 5. The minimum Gasteiger partial charge on any atom is -0.479 e. The van der Waals surface area contributed by atoms with Gasteiger partial charge in [0.1, 0.15) is 6.10 Å². The summed E-state index contributed by atoms with van der Waals surface area (Å²) in [7, 11) is 0. The molecule has 2 atom stereocenters. The van der Waals surface area contributed by atoms with E-state index in [4.69, 9.17) is 25.7 Å². The van der Waals surface area contributed by atoms with Gasteiger partial charge in [-0.2, -0.15) is 0 Å². The van der Waals surface area contributed by atoms with Crippen LogP contribution >= 0.6 is 0 Å². The maximum absolute atomic E-state index is 10.2. The van der Waals surface area contributed by atoms with Gasteiger partial charge in [-0.3, -0.25) is 10.2 Å². The number of nitrogens with zero attached hydrogens (tertiary/aromatic N) is 1. The fourth-order valence-electron chi connectivity index (χ4n) is 0.865. The van der Waals surface area contributed by atoms with E-state index in [2.05, 4.69) is 9.87 Å². The molecule has 1 heterocycles. The highest BCUT2D eigenvalue weighted by Gasteiger charge is 2.26. The molecule has 9 heteroatoms. The van der Waals surface area contributed by atoms with Gasteiger partial charge in [0, 0.05) is 12.4 Å². The van der Waals surface area contributed by atoms with E-state index in [9.17, 15) is 9.59 Å². The van der Waals surface area contributed by atoms with E-state index >= 15 is 0 Å². The molecular weight excluding hydrogens is 262 g/mol. The zero-order valence-corrected chi connectivity index (χ0v) is 9.58. The standard InChI is InChI=1S/C6H5NO2.C4H8O6/c8-6(9)5-2-1-3-7-4-5;5-1-2(6)3(10-9)4(7)8/h1-4H,(H,8,9);2-3,5-6,9H,1H2,(H,7,8). The number of aliphatic hydroxyl groups excluding tert-OH is 2. The van der Waals surface area contributed by atoms with E-state index in [1.54, 1.807) is 6.07 Å². The van der Waals surface area contributed by atoms with E-state index in [1.807, 2.05) is 0 Å². The van der Waals surface area contributed by atoms with E-state index in [0.717, 1.165) is 0 Å². The molecule has 1 aromatic rings. The molecule has 106 valence electrons. The fourth-order valence-corrected chi connectivity index (χ4v) is 0.865. The Bertz CT molecular complexity index is 396. The van der Waals surface area contributed by atoms with Crippen LogP contribution < -0.4 is 0 Å². The van der Waals surface area contributed by atoms with Crippen LogP contribution in [-0.4, -0.2) is 61.4 Å². The van der Waals surface area contributed by atoms with Gasteiger partial charge >= 0.3 is 11.9 Å². The smallest absolute Gasteiger partial charge is 0.339 e. The molecule has 1 rings (SSSR count). The van der Waals surface area contributed by atoms with Gasteiger partial charge in [0.25, 0.3) is 0 Å². The third-order valence-electron chi connectivity index (χ3n) is 1.80. The molecule has 19 heavy (non-hydrogen) atoms. The number of hydrogen-bond acceptors (Lipinski definition) is 7. The van der Waals surface area contributed by atoms with Crippen LogP contribution in [0.15, 0.2) is 24.5 Å². The first kappa shape index (κ1) is 16.9. The fraction of sp³-hybridized carbons (Fsp3) is 0.300. The lowest BCUT2D eigenvalue weighted by atomic mass is 10.2. The van der Waals surface area contributed by atoms with Crippen LogP contribution in [0.25, 0.3) is 0 Å². The van der Waals surface area contributed by atoms with Gasteiger partial charge in [0.2, 0.25) is 6.10 Å². The molecule has 2 unspecified atom stereocenters. The van der Waals surface area contributed by atoms with Crippen molar-refractivity contribution in [1.82, 2.24) is 4.98 Å². The van der Waals surface area contributed by atoms with Crippen molar-refractivity contribution in [3.05, 3.63) is 30.1 Å². The lowest BCUT2D eigenvalue weighted by Gasteiger charge is -2.12. The van der Waals surface area contributed by atoms with Crippen LogP contribution in [0, 0.1) is 0 Å². The van der Waals surface area contributed by atoms with E-state index in [-0.39, 0.29) is 5.56 Å². The van der Waals surface area contributed by atoms with Crippen LogP contribution in [0.1, 0.15) is 10.4 Å². The summed E-state index contributed by atoms with van der Waals surface area (Å²) < 4.78 is 0. The number of aromatic nitrogens is 1. The molecule has 5 N–H and O–H groups in total. The Hall–Kier alpha value is -2.07. The minimum atomic E-state index is -1.79. The monoisotopic (exact) mass is 275 g/mol. The summed E-state index contributed by atoms with van der Waals surface area (Å²) >= 11 is 0. The lowest BCUT2D eigenvalue weighted by Crippen LogP contribution is -2.38. The molecule has 0 bridgehead atoms. The van der Waals surface area contributed by atoms with Crippen molar-refractivity contribution in [2.45, 2.75) is 12.2 Å². The predicted molar refractivity (Wildman–Crippen MR) is 59.4 cm³/mol. The largest absolute Gasteiger partial charge is 0.479 e. The number of aromatic carboxylic acids is 1. The average Bonchev–Trinajstić information content (AvgIpc) is 2.40. The topological polar surface area (TPSA) is 157 Å². The highest BCUT2D eigenvalue weighted by Crippen LogP contribution is 1.96. The van der Waals surface area contributed by atoms with Gasteiger partial charge in [0.05, 0.1) is 12.2 Å².